The van der Waals surface area contributed by atoms with Gasteiger partial charge in [0.1, 0.15) is 17.7 Å². The molecule has 4 rings (SSSR count). The Balaban J connectivity index is 1.37. The quantitative estimate of drug-likeness (QED) is 0.831. The van der Waals surface area contributed by atoms with Gasteiger partial charge in [0.05, 0.1) is 19.7 Å². The fourth-order valence-electron chi connectivity index (χ4n) is 3.76. The molecule has 6 heteroatoms. The van der Waals surface area contributed by atoms with Crippen LogP contribution in [0, 0.1) is 11.6 Å². The number of carbonyl (C=O) groups is 1. The Morgan fingerprint density at radius 2 is 1.81 bits per heavy atom. The molecule has 0 N–H and O–H groups in total. The Bertz CT molecular complexity index is 825. The first kappa shape index (κ1) is 18.1. The predicted octanol–water partition coefficient (Wildman–Crippen LogP) is 2.92. The number of hydrogen-bond donors (Lipinski definition) is 0. The van der Waals surface area contributed by atoms with E-state index < -0.39 is 0 Å². The lowest BCUT2D eigenvalue weighted by molar-refractivity contribution is -0.140. The molecule has 2 aromatic rings. The molecule has 1 saturated heterocycles. The topological polar surface area (TPSA) is 32.8 Å². The van der Waals surface area contributed by atoms with Crippen molar-refractivity contribution in [2.24, 2.45) is 0 Å². The summed E-state index contributed by atoms with van der Waals surface area (Å²) in [7, 11) is 0. The van der Waals surface area contributed by atoms with Crippen LogP contribution < -0.4 is 0 Å². The van der Waals surface area contributed by atoms with Gasteiger partial charge in [-0.1, -0.05) is 18.2 Å². The van der Waals surface area contributed by atoms with Crippen LogP contribution in [0.3, 0.4) is 0 Å². The molecule has 27 heavy (non-hydrogen) atoms. The molecular weight excluding hydrogens is 350 g/mol. The van der Waals surface area contributed by atoms with Crippen molar-refractivity contribution in [3.05, 3.63) is 70.8 Å². The molecule has 0 radical (unpaired) electrons. The van der Waals surface area contributed by atoms with Crippen molar-refractivity contribution in [1.82, 2.24) is 9.80 Å². The number of ether oxygens (including phenoxy) is 1. The molecule has 0 aromatic heterocycles. The molecule has 0 aliphatic carbocycles. The zero-order chi connectivity index (χ0) is 18.8. The Morgan fingerprint density at radius 1 is 1.04 bits per heavy atom. The van der Waals surface area contributed by atoms with Gasteiger partial charge in [-0.3, -0.25) is 9.69 Å². The summed E-state index contributed by atoms with van der Waals surface area (Å²) in [6, 6.07) is 11.1. The minimum absolute atomic E-state index is 0.0657. The van der Waals surface area contributed by atoms with E-state index >= 15 is 0 Å². The lowest BCUT2D eigenvalue weighted by atomic mass is 9.99. The summed E-state index contributed by atoms with van der Waals surface area (Å²) < 4.78 is 32.2. The molecule has 1 fully saturated rings. The van der Waals surface area contributed by atoms with Crippen LogP contribution >= 0.6 is 0 Å². The highest BCUT2D eigenvalue weighted by atomic mass is 19.1. The number of rotatable bonds is 3. The molecule has 0 spiro atoms. The van der Waals surface area contributed by atoms with E-state index in [2.05, 4.69) is 4.90 Å². The van der Waals surface area contributed by atoms with E-state index in [1.54, 1.807) is 24.3 Å². The number of nitrogens with zero attached hydrogens (tertiary/aromatic N) is 2. The Hall–Kier alpha value is -2.31. The van der Waals surface area contributed by atoms with Crippen LogP contribution in [-0.2, 0) is 22.5 Å². The lowest BCUT2D eigenvalue weighted by Gasteiger charge is -2.35. The minimum Gasteiger partial charge on any atom is -0.370 e. The van der Waals surface area contributed by atoms with Gasteiger partial charge < -0.3 is 9.64 Å². The van der Waals surface area contributed by atoms with Gasteiger partial charge in [-0.15, -0.1) is 0 Å². The first-order valence-corrected chi connectivity index (χ1v) is 9.23. The highest BCUT2D eigenvalue weighted by molar-refractivity contribution is 5.78. The molecule has 2 aromatic carbocycles. The highest BCUT2D eigenvalue weighted by Crippen LogP contribution is 2.24. The van der Waals surface area contributed by atoms with Crippen molar-refractivity contribution in [2.45, 2.75) is 19.1 Å². The molecule has 0 saturated carbocycles. The fourth-order valence-corrected chi connectivity index (χ4v) is 3.76. The largest absolute Gasteiger partial charge is 0.370 e. The van der Waals surface area contributed by atoms with Crippen molar-refractivity contribution in [2.75, 3.05) is 32.8 Å². The van der Waals surface area contributed by atoms with Crippen molar-refractivity contribution >= 4 is 5.91 Å². The van der Waals surface area contributed by atoms with Crippen LogP contribution in [0.25, 0.3) is 0 Å². The second-order valence-electron chi connectivity index (χ2n) is 7.12. The van der Waals surface area contributed by atoms with E-state index in [0.717, 1.165) is 29.7 Å². The van der Waals surface area contributed by atoms with Gasteiger partial charge in [-0.05, 0) is 47.4 Å². The van der Waals surface area contributed by atoms with Crippen molar-refractivity contribution in [1.29, 1.82) is 0 Å². The first-order chi connectivity index (χ1) is 13.1. The molecular formula is C21H22F2N2O2. The number of carbonyl (C=O) groups excluding carboxylic acids is 1. The van der Waals surface area contributed by atoms with E-state index in [4.69, 9.17) is 4.74 Å². The SMILES string of the molecule is O=C(CN1CCc2cc(F)ccc2C1)N1CCOC(c2ccc(F)cc2)C1. The normalized spacial score (nSPS) is 20.4. The molecule has 1 amide bonds. The summed E-state index contributed by atoms with van der Waals surface area (Å²) in [5, 5.41) is 0. The molecule has 2 aliphatic heterocycles. The summed E-state index contributed by atoms with van der Waals surface area (Å²) in [5.74, 6) is -0.429. The number of amides is 1. The second-order valence-corrected chi connectivity index (χ2v) is 7.12. The average Bonchev–Trinajstić information content (AvgIpc) is 2.69. The maximum absolute atomic E-state index is 13.3. The highest BCUT2D eigenvalue weighted by Gasteiger charge is 2.27. The summed E-state index contributed by atoms with van der Waals surface area (Å²) in [6.07, 6.45) is 0.523. The fraction of sp³-hybridized carbons (Fsp3) is 0.381. The summed E-state index contributed by atoms with van der Waals surface area (Å²) in [4.78, 5) is 16.7. The van der Waals surface area contributed by atoms with E-state index in [1.165, 1.54) is 18.2 Å². The van der Waals surface area contributed by atoms with Crippen LogP contribution in [0.5, 0.6) is 0 Å². The lowest BCUT2D eigenvalue weighted by Crippen LogP contribution is -2.47. The van der Waals surface area contributed by atoms with Crippen LogP contribution in [0.2, 0.25) is 0 Å². The summed E-state index contributed by atoms with van der Waals surface area (Å²) >= 11 is 0. The number of hydrogen-bond acceptors (Lipinski definition) is 3. The molecule has 2 heterocycles. The van der Waals surface area contributed by atoms with Crippen LogP contribution in [0.1, 0.15) is 22.8 Å². The van der Waals surface area contributed by atoms with Gasteiger partial charge in [0.15, 0.2) is 0 Å². The predicted molar refractivity (Wildman–Crippen MR) is 97.1 cm³/mol. The monoisotopic (exact) mass is 372 g/mol. The summed E-state index contributed by atoms with van der Waals surface area (Å²) in [5.41, 5.74) is 2.99. The maximum Gasteiger partial charge on any atom is 0.236 e. The first-order valence-electron chi connectivity index (χ1n) is 9.23. The third-order valence-corrected chi connectivity index (χ3v) is 5.28. The Kier molecular flexibility index (Phi) is 5.18. The van der Waals surface area contributed by atoms with Gasteiger partial charge >= 0.3 is 0 Å². The third kappa shape index (κ3) is 4.17. The van der Waals surface area contributed by atoms with Gasteiger partial charge in [-0.25, -0.2) is 8.78 Å². The molecule has 142 valence electrons. The molecule has 4 nitrogen and oxygen atoms in total. The molecule has 0 bridgehead atoms. The van der Waals surface area contributed by atoms with Gasteiger partial charge in [0.25, 0.3) is 0 Å². The molecule has 1 unspecified atom stereocenters. The van der Waals surface area contributed by atoms with E-state index in [9.17, 15) is 13.6 Å². The van der Waals surface area contributed by atoms with Gasteiger partial charge in [0, 0.05) is 19.6 Å². The Morgan fingerprint density at radius 3 is 2.63 bits per heavy atom. The number of benzene rings is 2. The van der Waals surface area contributed by atoms with Crippen molar-refractivity contribution < 1.29 is 18.3 Å². The maximum atomic E-state index is 13.3. The van der Waals surface area contributed by atoms with Gasteiger partial charge in [-0.2, -0.15) is 0 Å². The minimum atomic E-state index is -0.284. The number of fused-ring (bicyclic) bond motifs is 1. The number of morpholine rings is 1. The molecule has 2 aliphatic rings. The van der Waals surface area contributed by atoms with E-state index in [1.807, 2.05) is 4.90 Å². The van der Waals surface area contributed by atoms with Crippen LogP contribution in [0.4, 0.5) is 8.78 Å². The standard InChI is InChI=1S/C21H22F2N2O2/c22-18-4-1-15(2-5-18)20-13-25(9-10-27-20)21(26)14-24-8-7-16-11-19(23)6-3-17(16)12-24/h1-6,11,20H,7-10,12-14H2. The van der Waals surface area contributed by atoms with Crippen molar-refractivity contribution in [3.63, 3.8) is 0 Å². The Labute approximate surface area is 157 Å². The second kappa shape index (κ2) is 7.74. The van der Waals surface area contributed by atoms with E-state index in [0.29, 0.717) is 32.8 Å². The van der Waals surface area contributed by atoms with Gasteiger partial charge in [0.2, 0.25) is 5.91 Å². The zero-order valence-electron chi connectivity index (χ0n) is 15.0. The van der Waals surface area contributed by atoms with Crippen LogP contribution in [-0.4, -0.2) is 48.5 Å². The smallest absolute Gasteiger partial charge is 0.236 e. The van der Waals surface area contributed by atoms with E-state index in [-0.39, 0.29) is 23.6 Å². The average molecular weight is 372 g/mol. The third-order valence-electron chi connectivity index (χ3n) is 5.28. The summed E-state index contributed by atoms with van der Waals surface area (Å²) in [6.45, 7) is 3.25. The van der Waals surface area contributed by atoms with Crippen LogP contribution in [0.15, 0.2) is 42.5 Å². The zero-order valence-corrected chi connectivity index (χ0v) is 15.0. The molecule has 1 atom stereocenters. The number of halogens is 2. The van der Waals surface area contributed by atoms with Crippen molar-refractivity contribution in [3.8, 4) is 0 Å².